The van der Waals surface area contributed by atoms with E-state index in [1.54, 1.807) is 28.4 Å². The third kappa shape index (κ3) is 4.12. The summed E-state index contributed by atoms with van der Waals surface area (Å²) in [5, 5.41) is 4.15. The number of nitrogens with zero attached hydrogens (tertiary/aromatic N) is 2. The van der Waals surface area contributed by atoms with Gasteiger partial charge in [-0.1, -0.05) is 48.5 Å². The van der Waals surface area contributed by atoms with Crippen molar-refractivity contribution in [3.8, 4) is 23.0 Å². The predicted octanol–water partition coefficient (Wildman–Crippen LogP) is 5.21. The van der Waals surface area contributed by atoms with Gasteiger partial charge in [-0.15, -0.1) is 0 Å². The van der Waals surface area contributed by atoms with Gasteiger partial charge < -0.3 is 18.9 Å². The van der Waals surface area contributed by atoms with E-state index in [4.69, 9.17) is 18.9 Å². The second-order valence-corrected chi connectivity index (χ2v) is 8.39. The Morgan fingerprint density at radius 2 is 1.17 bits per heavy atom. The molecule has 0 amide bonds. The normalized spacial score (nSPS) is 11.1. The zero-order valence-corrected chi connectivity index (χ0v) is 20.4. The molecule has 0 saturated heterocycles. The Morgan fingerprint density at radius 3 is 1.71 bits per heavy atom. The van der Waals surface area contributed by atoms with Crippen LogP contribution in [0.2, 0.25) is 0 Å². The van der Waals surface area contributed by atoms with Crippen molar-refractivity contribution in [1.29, 1.82) is 0 Å². The number of hydrogen-bond donors (Lipinski definition) is 0. The number of methoxy groups -OCH3 is 4. The summed E-state index contributed by atoms with van der Waals surface area (Å²) >= 11 is 0. The highest BCUT2D eigenvalue weighted by atomic mass is 16.5. The maximum Gasteiger partial charge on any atom is 0.244 e. The van der Waals surface area contributed by atoms with Gasteiger partial charge in [-0.2, -0.15) is 0 Å². The zero-order chi connectivity index (χ0) is 24.4. The van der Waals surface area contributed by atoms with Gasteiger partial charge in [0.05, 0.1) is 28.4 Å². The highest BCUT2D eigenvalue weighted by molar-refractivity contribution is 5.95. The van der Waals surface area contributed by atoms with E-state index in [0.29, 0.717) is 13.1 Å². The molecule has 4 aromatic carbocycles. The third-order valence-corrected chi connectivity index (χ3v) is 6.37. The molecule has 0 unspecified atom stereocenters. The minimum atomic E-state index is 0.648. The summed E-state index contributed by atoms with van der Waals surface area (Å²) in [7, 11) is 6.83. The molecule has 6 nitrogen and oxygen atoms in total. The lowest BCUT2D eigenvalue weighted by molar-refractivity contribution is -0.687. The Hall–Kier alpha value is -4.19. The fraction of sp³-hybridized carbons (Fsp3) is 0.207. The Labute approximate surface area is 204 Å². The van der Waals surface area contributed by atoms with Crippen LogP contribution in [0.25, 0.3) is 21.5 Å². The fourth-order valence-electron chi connectivity index (χ4n) is 4.81. The molecule has 0 radical (unpaired) electrons. The number of fused-ring (bicyclic) bond motifs is 2. The van der Waals surface area contributed by atoms with Crippen LogP contribution in [0.1, 0.15) is 11.1 Å². The summed E-state index contributed by atoms with van der Waals surface area (Å²) in [6.07, 6.45) is 6.21. The van der Waals surface area contributed by atoms with Crippen molar-refractivity contribution in [1.82, 2.24) is 4.57 Å². The molecule has 0 N–H and O–H groups in total. The lowest BCUT2D eigenvalue weighted by Crippen LogP contribution is -2.32. The van der Waals surface area contributed by atoms with E-state index in [0.717, 1.165) is 55.7 Å². The number of hydrogen-bond acceptors (Lipinski definition) is 4. The van der Waals surface area contributed by atoms with Crippen LogP contribution >= 0.6 is 0 Å². The number of benzene rings is 4. The predicted molar refractivity (Wildman–Crippen MR) is 137 cm³/mol. The molecular formula is C29H29N2O4+. The van der Waals surface area contributed by atoms with E-state index >= 15 is 0 Å². The molecule has 6 heteroatoms. The van der Waals surface area contributed by atoms with E-state index in [9.17, 15) is 0 Å². The van der Waals surface area contributed by atoms with Gasteiger partial charge in [-0.05, 0) is 12.1 Å². The van der Waals surface area contributed by atoms with Gasteiger partial charge in [-0.3, -0.25) is 0 Å². The smallest absolute Gasteiger partial charge is 0.244 e. The Kier molecular flexibility index (Phi) is 6.19. The Balaban J connectivity index is 1.48. The van der Waals surface area contributed by atoms with Gasteiger partial charge in [-0.25, -0.2) is 9.13 Å². The van der Waals surface area contributed by atoms with E-state index in [2.05, 4.69) is 64.3 Å². The molecule has 0 saturated carbocycles. The minimum absolute atomic E-state index is 0.648. The number of aromatic nitrogens is 2. The fourth-order valence-corrected chi connectivity index (χ4v) is 4.81. The molecule has 1 heterocycles. The van der Waals surface area contributed by atoms with E-state index < -0.39 is 0 Å². The van der Waals surface area contributed by atoms with Gasteiger partial charge in [0.25, 0.3) is 0 Å². The molecule has 0 fully saturated rings. The first-order valence-corrected chi connectivity index (χ1v) is 11.5. The Bertz CT molecular complexity index is 1390. The lowest BCUT2D eigenvalue weighted by Gasteiger charge is -2.14. The van der Waals surface area contributed by atoms with Crippen LogP contribution in [0.5, 0.6) is 23.0 Å². The summed E-state index contributed by atoms with van der Waals surface area (Å²) < 4.78 is 27.3. The lowest BCUT2D eigenvalue weighted by atomic mass is 10.0. The van der Waals surface area contributed by atoms with Crippen LogP contribution in [0.3, 0.4) is 0 Å². The quantitative estimate of drug-likeness (QED) is 0.293. The first kappa shape index (κ1) is 22.6. The summed E-state index contributed by atoms with van der Waals surface area (Å²) in [4.78, 5) is 0. The number of imidazole rings is 1. The standard InChI is InChI=1S/C29H29N2O4/c1-32-26-15-20(28(34-3)24-11-7-5-9-22(24)26)17-30-13-14-31(19-30)18-21-16-27(33-2)23-10-6-8-12-25(23)29(21)35-4/h5-16,19H,17-18H2,1-4H3/q+1. The zero-order valence-electron chi connectivity index (χ0n) is 20.4. The van der Waals surface area contributed by atoms with Gasteiger partial charge in [0.2, 0.25) is 6.33 Å². The summed E-state index contributed by atoms with van der Waals surface area (Å²) in [6.45, 7) is 1.30. The maximum atomic E-state index is 5.82. The van der Waals surface area contributed by atoms with E-state index in [1.165, 1.54) is 0 Å². The van der Waals surface area contributed by atoms with Crippen molar-refractivity contribution in [2.45, 2.75) is 13.1 Å². The van der Waals surface area contributed by atoms with Crippen molar-refractivity contribution in [3.05, 3.63) is 90.5 Å². The molecule has 0 aliphatic rings. The van der Waals surface area contributed by atoms with Crippen LogP contribution in [-0.2, 0) is 13.1 Å². The van der Waals surface area contributed by atoms with Gasteiger partial charge in [0, 0.05) is 32.7 Å². The first-order chi connectivity index (χ1) is 17.2. The van der Waals surface area contributed by atoms with Crippen LogP contribution in [-0.4, -0.2) is 33.0 Å². The monoisotopic (exact) mass is 469 g/mol. The molecule has 0 atom stereocenters. The molecule has 0 aliphatic carbocycles. The van der Waals surface area contributed by atoms with Crippen LogP contribution < -0.4 is 23.5 Å². The van der Waals surface area contributed by atoms with Crippen LogP contribution in [0.15, 0.2) is 79.4 Å². The molecule has 178 valence electrons. The van der Waals surface area contributed by atoms with Crippen LogP contribution in [0, 0.1) is 0 Å². The second kappa shape index (κ2) is 9.58. The highest BCUT2D eigenvalue weighted by Gasteiger charge is 2.18. The summed E-state index contributed by atoms with van der Waals surface area (Å²) in [5.74, 6) is 3.40. The van der Waals surface area contributed by atoms with Gasteiger partial charge in [0.1, 0.15) is 48.5 Å². The largest absolute Gasteiger partial charge is 0.496 e. The molecule has 35 heavy (non-hydrogen) atoms. The average molecular weight is 470 g/mol. The molecular weight excluding hydrogens is 440 g/mol. The average Bonchev–Trinajstić information content (AvgIpc) is 3.34. The minimum Gasteiger partial charge on any atom is -0.496 e. The molecule has 0 bridgehead atoms. The molecule has 0 aliphatic heterocycles. The maximum absolute atomic E-state index is 5.82. The number of ether oxygens (including phenoxy) is 4. The summed E-state index contributed by atoms with van der Waals surface area (Å²) in [6, 6.07) is 20.4. The topological polar surface area (TPSA) is 45.7 Å². The van der Waals surface area contributed by atoms with E-state index in [1.807, 2.05) is 24.3 Å². The Morgan fingerprint density at radius 1 is 0.657 bits per heavy atom. The second-order valence-electron chi connectivity index (χ2n) is 8.39. The first-order valence-electron chi connectivity index (χ1n) is 11.5. The van der Waals surface area contributed by atoms with Gasteiger partial charge >= 0.3 is 0 Å². The van der Waals surface area contributed by atoms with Crippen molar-refractivity contribution in [2.24, 2.45) is 0 Å². The van der Waals surface area contributed by atoms with E-state index in [-0.39, 0.29) is 0 Å². The van der Waals surface area contributed by atoms with Crippen molar-refractivity contribution in [3.63, 3.8) is 0 Å². The number of rotatable bonds is 8. The van der Waals surface area contributed by atoms with Crippen LogP contribution in [0.4, 0.5) is 0 Å². The van der Waals surface area contributed by atoms with Crippen molar-refractivity contribution < 1.29 is 23.5 Å². The molecule has 5 rings (SSSR count). The highest BCUT2D eigenvalue weighted by Crippen LogP contribution is 2.38. The van der Waals surface area contributed by atoms with Crippen molar-refractivity contribution in [2.75, 3.05) is 28.4 Å². The molecule has 0 spiro atoms. The molecule has 5 aromatic rings. The van der Waals surface area contributed by atoms with Gasteiger partial charge in [0.15, 0.2) is 0 Å². The third-order valence-electron chi connectivity index (χ3n) is 6.37. The summed E-state index contributed by atoms with van der Waals surface area (Å²) in [5.41, 5.74) is 2.10. The SMILES string of the molecule is COc1cc(Cn2cc[n+](Cc3cc(OC)c4ccccc4c3OC)c2)c(OC)c2ccccc12. The molecule has 1 aromatic heterocycles. The van der Waals surface area contributed by atoms with Crippen molar-refractivity contribution >= 4 is 21.5 Å².